The minimum Gasteiger partial charge on any atom is -0.467 e. The van der Waals surface area contributed by atoms with Crippen molar-refractivity contribution in [2.75, 3.05) is 46.0 Å². The fraction of sp³-hybridized carbons (Fsp3) is 0.682. The fourth-order valence-corrected chi connectivity index (χ4v) is 2.96. The number of nitrogens with one attached hydrogen (secondary N) is 1. The van der Waals surface area contributed by atoms with E-state index in [0.29, 0.717) is 11.8 Å². The molecule has 1 saturated heterocycles. The van der Waals surface area contributed by atoms with Crippen LogP contribution in [0.25, 0.3) is 0 Å². The molecule has 4 nitrogen and oxygen atoms in total. The molecule has 0 radical (unpaired) electrons. The van der Waals surface area contributed by atoms with E-state index in [1.54, 1.807) is 0 Å². The van der Waals surface area contributed by atoms with Crippen LogP contribution in [0.15, 0.2) is 34.9 Å². The summed E-state index contributed by atoms with van der Waals surface area (Å²) in [6, 6.07) is 0. The zero-order chi connectivity index (χ0) is 19.9. The van der Waals surface area contributed by atoms with Crippen molar-refractivity contribution < 1.29 is 9.47 Å². The van der Waals surface area contributed by atoms with E-state index in [2.05, 4.69) is 56.1 Å². The van der Waals surface area contributed by atoms with E-state index >= 15 is 0 Å². The maximum Gasteiger partial charge on any atom is 0.256 e. The Balaban J connectivity index is 2.09. The Morgan fingerprint density at radius 1 is 1.00 bits per heavy atom. The van der Waals surface area contributed by atoms with E-state index < -0.39 is 0 Å². The Morgan fingerprint density at radius 3 is 2.30 bits per heavy atom. The second-order valence-electron chi connectivity index (χ2n) is 7.44. The molecule has 0 unspecified atom stereocenters. The van der Waals surface area contributed by atoms with Gasteiger partial charge in [-0.05, 0) is 71.7 Å². The maximum atomic E-state index is 5.58. The van der Waals surface area contributed by atoms with E-state index in [0.717, 1.165) is 65.1 Å². The molecule has 1 fully saturated rings. The quantitative estimate of drug-likeness (QED) is 0.408. The molecule has 1 heterocycles. The summed E-state index contributed by atoms with van der Waals surface area (Å²) >= 11 is 5.23. The highest BCUT2D eigenvalue weighted by Crippen LogP contribution is 2.11. The molecule has 0 bridgehead atoms. The average Bonchev–Trinajstić information content (AvgIpc) is 2.62. The van der Waals surface area contributed by atoms with Gasteiger partial charge in [0.05, 0.1) is 13.2 Å². The summed E-state index contributed by atoms with van der Waals surface area (Å²) in [6.45, 7) is 14.7. The van der Waals surface area contributed by atoms with Crippen molar-refractivity contribution in [2.45, 2.75) is 53.4 Å². The van der Waals surface area contributed by atoms with Crippen LogP contribution in [-0.2, 0) is 9.47 Å². The van der Waals surface area contributed by atoms with Crippen molar-refractivity contribution in [2.24, 2.45) is 0 Å². The highest BCUT2D eigenvalue weighted by Gasteiger charge is 2.09. The van der Waals surface area contributed by atoms with Gasteiger partial charge in [0.2, 0.25) is 0 Å². The van der Waals surface area contributed by atoms with Gasteiger partial charge < -0.3 is 14.8 Å². The van der Waals surface area contributed by atoms with E-state index in [1.165, 1.54) is 16.7 Å². The summed E-state index contributed by atoms with van der Waals surface area (Å²) < 4.78 is 10.9. The van der Waals surface area contributed by atoms with Gasteiger partial charge in [-0.3, -0.25) is 4.90 Å². The topological polar surface area (TPSA) is 33.7 Å². The molecule has 0 aromatic heterocycles. The van der Waals surface area contributed by atoms with Crippen LogP contribution in [-0.4, -0.2) is 56.1 Å². The molecule has 1 N–H and O–H groups in total. The summed E-state index contributed by atoms with van der Waals surface area (Å²) in [7, 11) is 0. The summed E-state index contributed by atoms with van der Waals surface area (Å²) in [6.07, 6.45) is 11.2. The van der Waals surface area contributed by atoms with Crippen molar-refractivity contribution in [3.63, 3.8) is 0 Å². The molecule has 0 saturated carbocycles. The molecule has 0 spiro atoms. The van der Waals surface area contributed by atoms with Gasteiger partial charge in [0.25, 0.3) is 5.17 Å². The predicted octanol–water partition coefficient (Wildman–Crippen LogP) is 4.63. The number of hydrogen-bond acceptors (Lipinski definition) is 4. The third-order valence-corrected chi connectivity index (χ3v) is 4.83. The molecule has 0 aliphatic carbocycles. The second kappa shape index (κ2) is 14.8. The van der Waals surface area contributed by atoms with Crippen molar-refractivity contribution in [3.8, 4) is 0 Å². The predicted molar refractivity (Wildman–Crippen MR) is 119 cm³/mol. The molecule has 0 aromatic rings. The Labute approximate surface area is 171 Å². The Morgan fingerprint density at radius 2 is 1.63 bits per heavy atom. The van der Waals surface area contributed by atoms with Crippen molar-refractivity contribution in [1.82, 2.24) is 10.2 Å². The SMILES string of the molecule is CC(C)=CCCC(C)=CCCC(C)=CCOC(=S)NCCN1CCOCC1. The van der Waals surface area contributed by atoms with Gasteiger partial charge in [0.1, 0.15) is 6.61 Å². The number of morpholine rings is 1. The second-order valence-corrected chi connectivity index (χ2v) is 7.81. The van der Waals surface area contributed by atoms with Crippen molar-refractivity contribution >= 4 is 17.4 Å². The van der Waals surface area contributed by atoms with Crippen LogP contribution in [0.4, 0.5) is 0 Å². The normalized spacial score (nSPS) is 16.1. The van der Waals surface area contributed by atoms with Crippen LogP contribution < -0.4 is 5.32 Å². The Kier molecular flexibility index (Phi) is 13.1. The largest absolute Gasteiger partial charge is 0.467 e. The molecule has 27 heavy (non-hydrogen) atoms. The van der Waals surface area contributed by atoms with Gasteiger partial charge in [-0.2, -0.15) is 0 Å². The van der Waals surface area contributed by atoms with E-state index in [-0.39, 0.29) is 0 Å². The van der Waals surface area contributed by atoms with Gasteiger partial charge in [-0.15, -0.1) is 0 Å². The number of hydrogen-bond donors (Lipinski definition) is 1. The first kappa shape index (κ1) is 23.9. The average molecular weight is 395 g/mol. The molecule has 154 valence electrons. The third kappa shape index (κ3) is 13.6. The van der Waals surface area contributed by atoms with Crippen LogP contribution in [0.5, 0.6) is 0 Å². The van der Waals surface area contributed by atoms with Gasteiger partial charge >= 0.3 is 0 Å². The van der Waals surface area contributed by atoms with Gasteiger partial charge in [-0.25, -0.2) is 0 Å². The first-order valence-electron chi connectivity index (χ1n) is 10.1. The first-order chi connectivity index (χ1) is 13.0. The van der Waals surface area contributed by atoms with Crippen LogP contribution in [0.3, 0.4) is 0 Å². The van der Waals surface area contributed by atoms with E-state index in [1.807, 2.05) is 0 Å². The minimum atomic E-state index is 0.488. The lowest BCUT2D eigenvalue weighted by molar-refractivity contribution is 0.0388. The highest BCUT2D eigenvalue weighted by atomic mass is 32.1. The molecule has 0 atom stereocenters. The van der Waals surface area contributed by atoms with E-state index in [4.69, 9.17) is 21.7 Å². The van der Waals surface area contributed by atoms with Crippen molar-refractivity contribution in [3.05, 3.63) is 34.9 Å². The molecular weight excluding hydrogens is 356 g/mol. The molecule has 0 aromatic carbocycles. The third-order valence-electron chi connectivity index (χ3n) is 4.57. The lowest BCUT2D eigenvalue weighted by Gasteiger charge is -2.26. The molecule has 5 heteroatoms. The minimum absolute atomic E-state index is 0.488. The van der Waals surface area contributed by atoms with Gasteiger partial charge in [0, 0.05) is 26.2 Å². The van der Waals surface area contributed by atoms with E-state index in [9.17, 15) is 0 Å². The first-order valence-corrected chi connectivity index (χ1v) is 10.5. The summed E-state index contributed by atoms with van der Waals surface area (Å²) in [4.78, 5) is 2.37. The lowest BCUT2D eigenvalue weighted by Crippen LogP contribution is -2.41. The molecule has 1 rings (SSSR count). The fourth-order valence-electron chi connectivity index (χ4n) is 2.79. The monoisotopic (exact) mass is 394 g/mol. The van der Waals surface area contributed by atoms with Crippen LogP contribution in [0.2, 0.25) is 0 Å². The number of thiocarbonyl (C=S) groups is 1. The Bertz CT molecular complexity index is 516. The van der Waals surface area contributed by atoms with Crippen LogP contribution >= 0.6 is 12.2 Å². The lowest BCUT2D eigenvalue weighted by atomic mass is 10.1. The number of allylic oxidation sites excluding steroid dienone is 5. The number of ether oxygens (including phenoxy) is 2. The van der Waals surface area contributed by atoms with Gasteiger partial charge in [-0.1, -0.05) is 28.9 Å². The zero-order valence-electron chi connectivity index (χ0n) is 17.7. The standard InChI is InChI=1S/C22H38N2O2S/c1-19(2)7-5-8-20(3)9-6-10-21(4)11-16-26-22(27)23-12-13-24-14-17-25-18-15-24/h7,9,11H,5-6,8,10,12-18H2,1-4H3,(H,23,27). The Hall–Kier alpha value is -1.17. The van der Waals surface area contributed by atoms with Gasteiger partial charge in [0.15, 0.2) is 0 Å². The summed E-state index contributed by atoms with van der Waals surface area (Å²) in [5.74, 6) is 0. The van der Waals surface area contributed by atoms with Crippen LogP contribution in [0.1, 0.15) is 53.4 Å². The zero-order valence-corrected chi connectivity index (χ0v) is 18.5. The molecule has 1 aliphatic rings. The molecule has 0 amide bonds. The number of nitrogens with zero attached hydrogens (tertiary/aromatic N) is 1. The smallest absolute Gasteiger partial charge is 0.256 e. The summed E-state index contributed by atoms with van der Waals surface area (Å²) in [5.41, 5.74) is 4.22. The highest BCUT2D eigenvalue weighted by molar-refractivity contribution is 7.80. The molecular formula is C22H38N2O2S. The summed E-state index contributed by atoms with van der Waals surface area (Å²) in [5, 5.41) is 3.66. The van der Waals surface area contributed by atoms with Crippen molar-refractivity contribution in [1.29, 1.82) is 0 Å². The molecule has 1 aliphatic heterocycles. The number of rotatable bonds is 11. The van der Waals surface area contributed by atoms with Crippen LogP contribution in [0, 0.1) is 0 Å². The maximum absolute atomic E-state index is 5.58.